The molecule has 0 saturated carbocycles. The van der Waals surface area contributed by atoms with E-state index >= 15 is 0 Å². The lowest BCUT2D eigenvalue weighted by Crippen LogP contribution is -1.95. The highest BCUT2D eigenvalue weighted by Gasteiger charge is 2.01. The summed E-state index contributed by atoms with van der Waals surface area (Å²) in [6, 6.07) is 12.4. The van der Waals surface area contributed by atoms with Crippen LogP contribution in [0, 0.1) is 6.92 Å². The van der Waals surface area contributed by atoms with E-state index in [2.05, 4.69) is 35.4 Å². The van der Waals surface area contributed by atoms with E-state index in [0.717, 1.165) is 11.4 Å². The molecule has 1 aromatic heterocycles. The number of nitrogens with one attached hydrogen (secondary N) is 1. The maximum atomic E-state index is 4.36. The highest BCUT2D eigenvalue weighted by atomic mass is 15.0. The lowest BCUT2D eigenvalue weighted by atomic mass is 10.1. The standard InChI is InChI=1S/C13H14N2/c1-10-8-12(9-15-13(10)14-2)11-6-4-3-5-7-11/h3-9H,1-2H3,(H,14,15). The minimum Gasteiger partial charge on any atom is -0.373 e. The monoisotopic (exact) mass is 198 g/mol. The largest absolute Gasteiger partial charge is 0.373 e. The molecule has 0 atom stereocenters. The highest BCUT2D eigenvalue weighted by molar-refractivity contribution is 5.65. The molecule has 15 heavy (non-hydrogen) atoms. The van der Waals surface area contributed by atoms with Crippen LogP contribution < -0.4 is 5.32 Å². The first-order valence-electron chi connectivity index (χ1n) is 5.01. The molecule has 0 saturated heterocycles. The average molecular weight is 198 g/mol. The summed E-state index contributed by atoms with van der Waals surface area (Å²) in [4.78, 5) is 4.36. The third-order valence-electron chi connectivity index (χ3n) is 2.42. The van der Waals surface area contributed by atoms with Crippen molar-refractivity contribution in [3.63, 3.8) is 0 Å². The zero-order valence-electron chi connectivity index (χ0n) is 8.99. The smallest absolute Gasteiger partial charge is 0.128 e. The molecule has 0 unspecified atom stereocenters. The molecule has 0 amide bonds. The zero-order valence-corrected chi connectivity index (χ0v) is 8.99. The topological polar surface area (TPSA) is 24.9 Å². The van der Waals surface area contributed by atoms with E-state index in [1.807, 2.05) is 31.4 Å². The second kappa shape index (κ2) is 4.13. The molecule has 1 heterocycles. The second-order valence-corrected chi connectivity index (χ2v) is 3.51. The van der Waals surface area contributed by atoms with Crippen LogP contribution >= 0.6 is 0 Å². The van der Waals surface area contributed by atoms with Gasteiger partial charge in [-0.1, -0.05) is 30.3 Å². The van der Waals surface area contributed by atoms with E-state index < -0.39 is 0 Å². The van der Waals surface area contributed by atoms with Gasteiger partial charge in [-0.3, -0.25) is 0 Å². The SMILES string of the molecule is CNc1ncc(-c2ccccc2)cc1C. The zero-order chi connectivity index (χ0) is 10.7. The fourth-order valence-electron chi connectivity index (χ4n) is 1.62. The van der Waals surface area contributed by atoms with E-state index in [1.165, 1.54) is 11.1 Å². The number of anilines is 1. The molecule has 0 radical (unpaired) electrons. The molecule has 2 rings (SSSR count). The first-order valence-corrected chi connectivity index (χ1v) is 5.01. The summed E-state index contributed by atoms with van der Waals surface area (Å²) in [5, 5.41) is 3.06. The van der Waals surface area contributed by atoms with Crippen molar-refractivity contribution in [1.29, 1.82) is 0 Å². The van der Waals surface area contributed by atoms with Gasteiger partial charge in [0.25, 0.3) is 0 Å². The molecule has 1 N–H and O–H groups in total. The van der Waals surface area contributed by atoms with Crippen LogP contribution in [-0.2, 0) is 0 Å². The maximum Gasteiger partial charge on any atom is 0.128 e. The Kier molecular flexibility index (Phi) is 2.68. The van der Waals surface area contributed by atoms with Crippen LogP contribution in [0.1, 0.15) is 5.56 Å². The van der Waals surface area contributed by atoms with Gasteiger partial charge >= 0.3 is 0 Å². The Balaban J connectivity index is 2.43. The van der Waals surface area contributed by atoms with Gasteiger partial charge in [-0.15, -0.1) is 0 Å². The van der Waals surface area contributed by atoms with Gasteiger partial charge in [0.15, 0.2) is 0 Å². The lowest BCUT2D eigenvalue weighted by molar-refractivity contribution is 1.24. The molecular formula is C13H14N2. The maximum absolute atomic E-state index is 4.36. The quantitative estimate of drug-likeness (QED) is 0.802. The van der Waals surface area contributed by atoms with Crippen LogP contribution in [0.3, 0.4) is 0 Å². The molecule has 0 aliphatic heterocycles. The van der Waals surface area contributed by atoms with Crippen molar-refractivity contribution in [2.24, 2.45) is 0 Å². The van der Waals surface area contributed by atoms with Crippen LogP contribution in [0.25, 0.3) is 11.1 Å². The van der Waals surface area contributed by atoms with Gasteiger partial charge in [0.2, 0.25) is 0 Å². The van der Waals surface area contributed by atoms with Crippen molar-refractivity contribution in [2.45, 2.75) is 6.92 Å². The molecule has 0 bridgehead atoms. The Bertz CT molecular complexity index is 449. The summed E-state index contributed by atoms with van der Waals surface area (Å²) in [7, 11) is 1.89. The number of pyridine rings is 1. The Hall–Kier alpha value is -1.83. The van der Waals surface area contributed by atoms with Gasteiger partial charge in [-0.05, 0) is 24.1 Å². The molecule has 0 aliphatic rings. The van der Waals surface area contributed by atoms with Crippen molar-refractivity contribution in [1.82, 2.24) is 4.98 Å². The number of hydrogen-bond acceptors (Lipinski definition) is 2. The Morgan fingerprint density at radius 2 is 1.80 bits per heavy atom. The predicted octanol–water partition coefficient (Wildman–Crippen LogP) is 3.10. The fraction of sp³-hybridized carbons (Fsp3) is 0.154. The fourth-order valence-corrected chi connectivity index (χ4v) is 1.62. The third-order valence-corrected chi connectivity index (χ3v) is 2.42. The van der Waals surface area contributed by atoms with E-state index in [9.17, 15) is 0 Å². The summed E-state index contributed by atoms with van der Waals surface area (Å²) >= 11 is 0. The summed E-state index contributed by atoms with van der Waals surface area (Å²) in [6.07, 6.45) is 1.90. The molecular weight excluding hydrogens is 184 g/mol. The highest BCUT2D eigenvalue weighted by Crippen LogP contribution is 2.21. The lowest BCUT2D eigenvalue weighted by Gasteiger charge is -2.06. The van der Waals surface area contributed by atoms with Gasteiger partial charge in [0.05, 0.1) is 0 Å². The summed E-state index contributed by atoms with van der Waals surface area (Å²) in [6.45, 7) is 2.06. The van der Waals surface area contributed by atoms with Crippen molar-refractivity contribution in [3.05, 3.63) is 48.2 Å². The first kappa shape index (κ1) is 9.71. The van der Waals surface area contributed by atoms with E-state index in [1.54, 1.807) is 0 Å². The van der Waals surface area contributed by atoms with Crippen LogP contribution in [0.2, 0.25) is 0 Å². The van der Waals surface area contributed by atoms with Crippen molar-refractivity contribution in [3.8, 4) is 11.1 Å². The van der Waals surface area contributed by atoms with Gasteiger partial charge in [0.1, 0.15) is 5.82 Å². The Labute approximate surface area is 90.0 Å². The Morgan fingerprint density at radius 1 is 1.07 bits per heavy atom. The minimum atomic E-state index is 0.940. The molecule has 0 aliphatic carbocycles. The molecule has 76 valence electrons. The molecule has 2 heteroatoms. The molecule has 0 fully saturated rings. The summed E-state index contributed by atoms with van der Waals surface area (Å²) in [5.74, 6) is 0.940. The van der Waals surface area contributed by atoms with E-state index in [-0.39, 0.29) is 0 Å². The number of hydrogen-bond donors (Lipinski definition) is 1. The summed E-state index contributed by atoms with van der Waals surface area (Å²) in [5.41, 5.74) is 3.53. The minimum absolute atomic E-state index is 0.940. The van der Waals surface area contributed by atoms with E-state index in [0.29, 0.717) is 0 Å². The van der Waals surface area contributed by atoms with Gasteiger partial charge in [-0.2, -0.15) is 0 Å². The normalized spacial score (nSPS) is 10.0. The van der Waals surface area contributed by atoms with Crippen LogP contribution in [0.15, 0.2) is 42.6 Å². The van der Waals surface area contributed by atoms with E-state index in [4.69, 9.17) is 0 Å². The van der Waals surface area contributed by atoms with Gasteiger partial charge in [0, 0.05) is 18.8 Å². The predicted molar refractivity (Wildman–Crippen MR) is 64.0 cm³/mol. The first-order chi connectivity index (χ1) is 7.31. The number of aryl methyl sites for hydroxylation is 1. The molecule has 2 nitrogen and oxygen atoms in total. The van der Waals surface area contributed by atoms with Crippen LogP contribution in [0.5, 0.6) is 0 Å². The number of benzene rings is 1. The average Bonchev–Trinajstić information content (AvgIpc) is 2.30. The molecule has 0 spiro atoms. The number of nitrogens with zero attached hydrogens (tertiary/aromatic N) is 1. The van der Waals surface area contributed by atoms with Crippen LogP contribution in [-0.4, -0.2) is 12.0 Å². The van der Waals surface area contributed by atoms with Crippen molar-refractivity contribution >= 4 is 5.82 Å². The molecule has 2 aromatic rings. The van der Waals surface area contributed by atoms with Gasteiger partial charge < -0.3 is 5.32 Å². The van der Waals surface area contributed by atoms with Crippen molar-refractivity contribution in [2.75, 3.05) is 12.4 Å². The second-order valence-electron chi connectivity index (χ2n) is 3.51. The van der Waals surface area contributed by atoms with Crippen LogP contribution in [0.4, 0.5) is 5.82 Å². The number of aromatic nitrogens is 1. The Morgan fingerprint density at radius 3 is 2.40 bits per heavy atom. The number of rotatable bonds is 2. The third kappa shape index (κ3) is 1.99. The van der Waals surface area contributed by atoms with Gasteiger partial charge in [-0.25, -0.2) is 4.98 Å². The molecule has 1 aromatic carbocycles. The van der Waals surface area contributed by atoms with Crippen molar-refractivity contribution < 1.29 is 0 Å². The summed E-state index contributed by atoms with van der Waals surface area (Å²) < 4.78 is 0.